The van der Waals surface area contributed by atoms with Gasteiger partial charge in [-0.3, -0.25) is 9.59 Å². The molecule has 0 saturated carbocycles. The van der Waals surface area contributed by atoms with Gasteiger partial charge in [0.05, 0.1) is 25.4 Å². The summed E-state index contributed by atoms with van der Waals surface area (Å²) in [5.41, 5.74) is 0. The summed E-state index contributed by atoms with van der Waals surface area (Å²) >= 11 is 0. The smallest absolute Gasteiger partial charge is 0.305 e. The van der Waals surface area contributed by atoms with E-state index in [1.165, 1.54) is 308 Å². The third-order valence-electron chi connectivity index (χ3n) is 16.4. The first-order valence-corrected chi connectivity index (χ1v) is 35.3. The number of allylic oxidation sites excluding steroid dienone is 5. The Kier molecular flexibility index (Phi) is 65.9. The molecule has 0 aliphatic rings. The van der Waals surface area contributed by atoms with E-state index in [4.69, 9.17) is 4.74 Å². The largest absolute Gasteiger partial charge is 0.466 e. The molecule has 0 fully saturated rings. The minimum atomic E-state index is -0.843. The number of carbonyl (C=O) groups excluding carboxylic acids is 2. The molecule has 0 radical (unpaired) electrons. The van der Waals surface area contributed by atoms with E-state index in [1.807, 2.05) is 6.08 Å². The summed E-state index contributed by atoms with van der Waals surface area (Å²) < 4.78 is 5.51. The van der Waals surface area contributed by atoms with E-state index in [-0.39, 0.29) is 18.5 Å². The Morgan fingerprint density at radius 2 is 0.641 bits per heavy atom. The van der Waals surface area contributed by atoms with E-state index in [9.17, 15) is 19.8 Å². The van der Waals surface area contributed by atoms with Gasteiger partial charge in [-0.2, -0.15) is 0 Å². The molecule has 2 atom stereocenters. The van der Waals surface area contributed by atoms with Gasteiger partial charge in [0.25, 0.3) is 0 Å². The van der Waals surface area contributed by atoms with E-state index < -0.39 is 12.1 Å². The Morgan fingerprint density at radius 3 is 1.00 bits per heavy atom. The second-order valence-electron chi connectivity index (χ2n) is 24.2. The summed E-state index contributed by atoms with van der Waals surface area (Å²) in [5, 5.41) is 23.2. The van der Waals surface area contributed by atoms with Gasteiger partial charge in [0.1, 0.15) is 0 Å². The molecule has 2 unspecified atom stereocenters. The molecule has 78 heavy (non-hydrogen) atoms. The van der Waals surface area contributed by atoms with Crippen LogP contribution in [0.1, 0.15) is 386 Å². The third-order valence-corrected chi connectivity index (χ3v) is 16.4. The molecule has 3 N–H and O–H groups in total. The van der Waals surface area contributed by atoms with Crippen molar-refractivity contribution in [2.45, 2.75) is 398 Å². The van der Waals surface area contributed by atoms with E-state index in [1.54, 1.807) is 6.08 Å². The van der Waals surface area contributed by atoms with E-state index >= 15 is 0 Å². The number of rotatable bonds is 66. The molecule has 0 bridgehead atoms. The van der Waals surface area contributed by atoms with Crippen LogP contribution in [0, 0.1) is 0 Å². The van der Waals surface area contributed by atoms with Crippen molar-refractivity contribution in [1.82, 2.24) is 5.32 Å². The Morgan fingerprint density at radius 1 is 0.359 bits per heavy atom. The number of carbonyl (C=O) groups is 2. The SMILES string of the molecule is CCCCC/C=C\C/C=C\CCCCCCCCCCCC(=O)OCCCCCCCCCCCCCCCCCCCCCCCCCCCCC(=O)NC(CO)C(O)/C=C/CCCCCCCCCCCCCCCC. The van der Waals surface area contributed by atoms with Crippen molar-refractivity contribution in [3.63, 3.8) is 0 Å². The van der Waals surface area contributed by atoms with Gasteiger partial charge < -0.3 is 20.3 Å². The Hall–Kier alpha value is -1.92. The van der Waals surface area contributed by atoms with Gasteiger partial charge in [-0.25, -0.2) is 0 Å². The summed E-state index contributed by atoms with van der Waals surface area (Å²) in [6, 6.07) is -0.626. The molecule has 0 rings (SSSR count). The molecule has 0 aromatic heterocycles. The van der Waals surface area contributed by atoms with Crippen molar-refractivity contribution in [2.24, 2.45) is 0 Å². The fraction of sp³-hybridized carbons (Fsp3) is 0.889. The zero-order chi connectivity index (χ0) is 56.4. The zero-order valence-corrected chi connectivity index (χ0v) is 52.7. The molecular weight excluding hydrogens is 959 g/mol. The topological polar surface area (TPSA) is 95.9 Å². The van der Waals surface area contributed by atoms with Crippen LogP contribution in [-0.4, -0.2) is 47.4 Å². The predicted octanol–water partition coefficient (Wildman–Crippen LogP) is 22.7. The quantitative estimate of drug-likeness (QED) is 0.0320. The van der Waals surface area contributed by atoms with Crippen LogP contribution in [0.2, 0.25) is 0 Å². The average Bonchev–Trinajstić information content (AvgIpc) is 3.44. The molecule has 0 aliphatic heterocycles. The lowest BCUT2D eigenvalue weighted by molar-refractivity contribution is -0.143. The van der Waals surface area contributed by atoms with Gasteiger partial charge in [-0.15, -0.1) is 0 Å². The summed E-state index contributed by atoms with van der Waals surface area (Å²) in [4.78, 5) is 24.6. The first-order valence-electron chi connectivity index (χ1n) is 35.3. The molecule has 0 aromatic carbocycles. The van der Waals surface area contributed by atoms with Crippen LogP contribution in [0.3, 0.4) is 0 Å². The van der Waals surface area contributed by atoms with Crippen molar-refractivity contribution in [1.29, 1.82) is 0 Å². The lowest BCUT2D eigenvalue weighted by Gasteiger charge is -2.20. The van der Waals surface area contributed by atoms with Crippen LogP contribution >= 0.6 is 0 Å². The second-order valence-corrected chi connectivity index (χ2v) is 24.2. The van der Waals surface area contributed by atoms with Gasteiger partial charge in [-0.05, 0) is 64.2 Å². The lowest BCUT2D eigenvalue weighted by atomic mass is 10.0. The third kappa shape index (κ3) is 63.3. The standard InChI is InChI=1S/C72H137NO5/c1-3-5-7-9-11-13-15-17-19-21-30-34-38-42-46-50-54-58-62-66-72(77)78-67-63-59-55-51-47-43-39-35-32-29-27-25-23-22-24-26-28-31-33-37-41-45-49-53-57-61-65-71(76)73-69(68-74)70(75)64-60-56-52-48-44-40-36-20-18-16-14-12-10-8-6-4-2/h11,13,17,19,60,64,69-70,74-75H,3-10,12,14-16,18,20-59,61-63,65-68H2,1-2H3,(H,73,76)/b13-11-,19-17-,64-60+. The Labute approximate surface area is 487 Å². The normalized spacial score (nSPS) is 12.7. The number of amides is 1. The highest BCUT2D eigenvalue weighted by Gasteiger charge is 2.18. The molecule has 6 heteroatoms. The van der Waals surface area contributed by atoms with Crippen molar-refractivity contribution in [3.8, 4) is 0 Å². The van der Waals surface area contributed by atoms with Gasteiger partial charge >= 0.3 is 5.97 Å². The lowest BCUT2D eigenvalue weighted by Crippen LogP contribution is -2.45. The number of nitrogens with one attached hydrogen (secondary N) is 1. The van der Waals surface area contributed by atoms with Crippen LogP contribution in [0.15, 0.2) is 36.5 Å². The van der Waals surface area contributed by atoms with E-state index in [0.29, 0.717) is 19.4 Å². The van der Waals surface area contributed by atoms with Crippen LogP contribution in [0.4, 0.5) is 0 Å². The molecule has 6 nitrogen and oxygen atoms in total. The minimum absolute atomic E-state index is 0.0135. The molecule has 0 spiro atoms. The summed E-state index contributed by atoms with van der Waals surface area (Å²) in [7, 11) is 0. The fourth-order valence-electron chi connectivity index (χ4n) is 11.0. The van der Waals surface area contributed by atoms with Crippen molar-refractivity contribution in [2.75, 3.05) is 13.2 Å². The molecular formula is C72H137NO5. The number of ether oxygens (including phenoxy) is 1. The first-order chi connectivity index (χ1) is 38.5. The van der Waals surface area contributed by atoms with Crippen LogP contribution in [0.25, 0.3) is 0 Å². The van der Waals surface area contributed by atoms with Crippen molar-refractivity contribution in [3.05, 3.63) is 36.5 Å². The highest BCUT2D eigenvalue weighted by atomic mass is 16.5. The Bertz CT molecular complexity index is 1260. The molecule has 0 saturated heterocycles. The number of hydrogen-bond donors (Lipinski definition) is 3. The molecule has 460 valence electrons. The molecule has 0 aromatic rings. The zero-order valence-electron chi connectivity index (χ0n) is 52.7. The maximum atomic E-state index is 12.5. The maximum absolute atomic E-state index is 12.5. The number of hydrogen-bond acceptors (Lipinski definition) is 5. The van der Waals surface area contributed by atoms with Gasteiger partial charge in [0, 0.05) is 12.8 Å². The van der Waals surface area contributed by atoms with Gasteiger partial charge in [-0.1, -0.05) is 346 Å². The average molecular weight is 1100 g/mol. The Balaban J connectivity index is 3.36. The predicted molar refractivity (Wildman–Crippen MR) is 343 cm³/mol. The first kappa shape index (κ1) is 76.1. The van der Waals surface area contributed by atoms with Crippen LogP contribution in [0.5, 0.6) is 0 Å². The monoisotopic (exact) mass is 1100 g/mol. The van der Waals surface area contributed by atoms with Crippen molar-refractivity contribution >= 4 is 11.9 Å². The molecule has 0 aliphatic carbocycles. The number of aliphatic hydroxyl groups is 2. The number of unbranched alkanes of at least 4 members (excludes halogenated alkanes) is 51. The highest BCUT2D eigenvalue weighted by molar-refractivity contribution is 5.76. The van der Waals surface area contributed by atoms with Gasteiger partial charge in [0.2, 0.25) is 5.91 Å². The van der Waals surface area contributed by atoms with Crippen molar-refractivity contribution < 1.29 is 24.5 Å². The highest BCUT2D eigenvalue weighted by Crippen LogP contribution is 2.19. The maximum Gasteiger partial charge on any atom is 0.305 e. The van der Waals surface area contributed by atoms with E-state index in [0.717, 1.165) is 51.4 Å². The summed E-state index contributed by atoms with van der Waals surface area (Å²) in [5.74, 6) is -0.0498. The van der Waals surface area contributed by atoms with Crippen LogP contribution < -0.4 is 5.32 Å². The number of aliphatic hydroxyl groups excluding tert-OH is 2. The molecule has 0 heterocycles. The minimum Gasteiger partial charge on any atom is -0.466 e. The second kappa shape index (κ2) is 67.6. The fourth-order valence-corrected chi connectivity index (χ4v) is 11.0. The van der Waals surface area contributed by atoms with Crippen LogP contribution in [-0.2, 0) is 14.3 Å². The van der Waals surface area contributed by atoms with Gasteiger partial charge in [0.15, 0.2) is 0 Å². The summed E-state index contributed by atoms with van der Waals surface area (Å²) in [6.07, 6.45) is 86.5. The summed E-state index contributed by atoms with van der Waals surface area (Å²) in [6.45, 7) is 4.91. The molecule has 1 amide bonds. The van der Waals surface area contributed by atoms with E-state index in [2.05, 4.69) is 43.5 Å². The number of esters is 1.